The average molecular weight is 233 g/mol. The minimum atomic E-state index is -0.949. The van der Waals surface area contributed by atoms with Crippen molar-refractivity contribution in [2.24, 2.45) is 5.41 Å². The lowest BCUT2D eigenvalue weighted by molar-refractivity contribution is -0.148. The fraction of sp³-hybridized carbons (Fsp3) is 0.385. The summed E-state index contributed by atoms with van der Waals surface area (Å²) >= 11 is 0. The second-order valence-electron chi connectivity index (χ2n) is 4.52. The van der Waals surface area contributed by atoms with Crippen LogP contribution in [0.1, 0.15) is 25.0 Å². The molecule has 0 heterocycles. The highest BCUT2D eigenvalue weighted by atomic mass is 16.5. The number of ether oxygens (including phenoxy) is 1. The molecular weight excluding hydrogens is 218 g/mol. The van der Waals surface area contributed by atoms with Crippen molar-refractivity contribution in [2.45, 2.75) is 20.8 Å². The van der Waals surface area contributed by atoms with Gasteiger partial charge in [0.05, 0.1) is 17.0 Å². The second-order valence-corrected chi connectivity index (χ2v) is 4.52. The molecule has 0 unspecified atom stereocenters. The molecule has 1 rings (SSSR count). The van der Waals surface area contributed by atoms with Gasteiger partial charge in [0.1, 0.15) is 12.4 Å². The van der Waals surface area contributed by atoms with Gasteiger partial charge < -0.3 is 9.84 Å². The van der Waals surface area contributed by atoms with Gasteiger partial charge in [-0.25, -0.2) is 0 Å². The van der Waals surface area contributed by atoms with Crippen LogP contribution in [0.3, 0.4) is 0 Å². The Labute approximate surface area is 100 Å². The first-order chi connectivity index (χ1) is 7.88. The first-order valence-electron chi connectivity index (χ1n) is 5.24. The monoisotopic (exact) mass is 233 g/mol. The molecule has 4 heteroatoms. The fourth-order valence-electron chi connectivity index (χ4n) is 1.21. The van der Waals surface area contributed by atoms with Gasteiger partial charge in [0.15, 0.2) is 0 Å². The van der Waals surface area contributed by atoms with Gasteiger partial charge in [0, 0.05) is 5.56 Å². The third-order valence-corrected chi connectivity index (χ3v) is 2.57. The maximum absolute atomic E-state index is 10.9. The number of carboxylic acids is 1. The molecule has 4 nitrogen and oxygen atoms in total. The van der Waals surface area contributed by atoms with Crippen molar-refractivity contribution >= 4 is 5.97 Å². The Morgan fingerprint density at radius 2 is 2.18 bits per heavy atom. The Kier molecular flexibility index (Phi) is 3.74. The van der Waals surface area contributed by atoms with E-state index in [4.69, 9.17) is 15.1 Å². The zero-order valence-electron chi connectivity index (χ0n) is 10.2. The van der Waals surface area contributed by atoms with E-state index in [1.54, 1.807) is 39.0 Å². The number of rotatable bonds is 4. The van der Waals surface area contributed by atoms with Crippen LogP contribution in [0.2, 0.25) is 0 Å². The molecule has 0 amide bonds. The van der Waals surface area contributed by atoms with Gasteiger partial charge in [0.25, 0.3) is 0 Å². The average Bonchev–Trinajstić information content (AvgIpc) is 2.27. The highest BCUT2D eigenvalue weighted by Gasteiger charge is 2.28. The van der Waals surface area contributed by atoms with E-state index in [0.717, 1.165) is 5.56 Å². The summed E-state index contributed by atoms with van der Waals surface area (Å²) < 4.78 is 5.47. The Morgan fingerprint density at radius 1 is 1.53 bits per heavy atom. The van der Waals surface area contributed by atoms with Gasteiger partial charge in [-0.1, -0.05) is 6.07 Å². The fourth-order valence-corrected chi connectivity index (χ4v) is 1.21. The molecule has 0 aliphatic heterocycles. The topological polar surface area (TPSA) is 70.3 Å². The molecule has 0 aliphatic carbocycles. The van der Waals surface area contributed by atoms with Crippen LogP contribution < -0.4 is 4.74 Å². The van der Waals surface area contributed by atoms with E-state index < -0.39 is 11.4 Å². The van der Waals surface area contributed by atoms with E-state index >= 15 is 0 Å². The predicted octanol–water partition coefficient (Wildman–Crippen LogP) is 2.36. The van der Waals surface area contributed by atoms with Crippen LogP contribution in [0.15, 0.2) is 18.2 Å². The summed E-state index contributed by atoms with van der Waals surface area (Å²) in [7, 11) is 0. The standard InChI is InChI=1S/C13H15NO3/c1-9-10(7-14)5-4-6-11(9)17-8-13(2,3)12(15)16/h4-6H,8H2,1-3H3,(H,15,16). The summed E-state index contributed by atoms with van der Waals surface area (Å²) in [5.74, 6) is -0.357. The van der Waals surface area contributed by atoms with Crippen molar-refractivity contribution in [1.82, 2.24) is 0 Å². The quantitative estimate of drug-likeness (QED) is 0.866. The van der Waals surface area contributed by atoms with Crippen molar-refractivity contribution in [3.8, 4) is 11.8 Å². The zero-order chi connectivity index (χ0) is 13.1. The number of nitrogens with zero attached hydrogens (tertiary/aromatic N) is 1. The molecule has 1 aromatic rings. The Balaban J connectivity index is 2.84. The number of nitriles is 1. The van der Waals surface area contributed by atoms with Crippen molar-refractivity contribution in [3.05, 3.63) is 29.3 Å². The molecule has 0 radical (unpaired) electrons. The van der Waals surface area contributed by atoms with E-state index in [-0.39, 0.29) is 6.61 Å². The predicted molar refractivity (Wildman–Crippen MR) is 62.8 cm³/mol. The number of benzene rings is 1. The normalized spacial score (nSPS) is 10.7. The third-order valence-electron chi connectivity index (χ3n) is 2.57. The van der Waals surface area contributed by atoms with Gasteiger partial charge >= 0.3 is 5.97 Å². The molecule has 0 saturated carbocycles. The van der Waals surface area contributed by atoms with Crippen LogP contribution in [0, 0.1) is 23.7 Å². The molecule has 0 fully saturated rings. The molecule has 1 N–H and O–H groups in total. The largest absolute Gasteiger partial charge is 0.492 e. The molecule has 90 valence electrons. The lowest BCUT2D eigenvalue weighted by atomic mass is 9.95. The maximum atomic E-state index is 10.9. The van der Waals surface area contributed by atoms with Crippen LogP contribution in [-0.2, 0) is 4.79 Å². The molecule has 0 atom stereocenters. The lowest BCUT2D eigenvalue weighted by Gasteiger charge is -2.20. The van der Waals surface area contributed by atoms with Gasteiger partial charge in [-0.2, -0.15) is 5.26 Å². The van der Waals surface area contributed by atoms with Gasteiger partial charge in [-0.05, 0) is 32.9 Å². The summed E-state index contributed by atoms with van der Waals surface area (Å²) in [5, 5.41) is 17.8. The minimum Gasteiger partial charge on any atom is -0.492 e. The summed E-state index contributed by atoms with van der Waals surface area (Å²) in [4.78, 5) is 10.9. The van der Waals surface area contributed by atoms with Crippen molar-refractivity contribution < 1.29 is 14.6 Å². The van der Waals surface area contributed by atoms with Gasteiger partial charge in [-0.3, -0.25) is 4.79 Å². The summed E-state index contributed by atoms with van der Waals surface area (Å²) in [5.41, 5.74) is 0.321. The van der Waals surface area contributed by atoms with Crippen LogP contribution >= 0.6 is 0 Å². The molecule has 0 saturated heterocycles. The number of carboxylic acid groups (broad SMARTS) is 1. The van der Waals surface area contributed by atoms with Crippen molar-refractivity contribution in [1.29, 1.82) is 5.26 Å². The number of hydrogen-bond donors (Lipinski definition) is 1. The van der Waals surface area contributed by atoms with Crippen LogP contribution in [0.5, 0.6) is 5.75 Å². The van der Waals surface area contributed by atoms with Crippen LogP contribution in [0.25, 0.3) is 0 Å². The van der Waals surface area contributed by atoms with Crippen LogP contribution in [-0.4, -0.2) is 17.7 Å². The smallest absolute Gasteiger partial charge is 0.312 e. The molecule has 0 bridgehead atoms. The van der Waals surface area contributed by atoms with E-state index in [9.17, 15) is 4.79 Å². The highest BCUT2D eigenvalue weighted by molar-refractivity contribution is 5.73. The number of aliphatic carboxylic acids is 1. The lowest BCUT2D eigenvalue weighted by Crippen LogP contribution is -2.30. The SMILES string of the molecule is Cc1c(C#N)cccc1OCC(C)(C)C(=O)O. The van der Waals surface area contributed by atoms with Gasteiger partial charge in [-0.15, -0.1) is 0 Å². The molecule has 17 heavy (non-hydrogen) atoms. The highest BCUT2D eigenvalue weighted by Crippen LogP contribution is 2.24. The summed E-state index contributed by atoms with van der Waals surface area (Å²) in [6.07, 6.45) is 0. The molecule has 0 aliphatic rings. The van der Waals surface area contributed by atoms with Gasteiger partial charge in [0.2, 0.25) is 0 Å². The molecule has 0 spiro atoms. The van der Waals surface area contributed by atoms with Crippen LogP contribution in [0.4, 0.5) is 0 Å². The van der Waals surface area contributed by atoms with E-state index in [2.05, 4.69) is 6.07 Å². The Morgan fingerprint density at radius 3 is 2.71 bits per heavy atom. The molecule has 1 aromatic carbocycles. The second kappa shape index (κ2) is 4.88. The summed E-state index contributed by atoms with van der Waals surface area (Å²) in [6, 6.07) is 7.21. The third kappa shape index (κ3) is 2.97. The van der Waals surface area contributed by atoms with E-state index in [0.29, 0.717) is 11.3 Å². The van der Waals surface area contributed by atoms with Crippen molar-refractivity contribution in [2.75, 3.05) is 6.61 Å². The molecule has 0 aromatic heterocycles. The molecular formula is C13H15NO3. The maximum Gasteiger partial charge on any atom is 0.312 e. The number of hydrogen-bond acceptors (Lipinski definition) is 3. The Hall–Kier alpha value is -2.02. The first-order valence-corrected chi connectivity index (χ1v) is 5.24. The van der Waals surface area contributed by atoms with E-state index in [1.807, 2.05) is 0 Å². The van der Waals surface area contributed by atoms with Crippen molar-refractivity contribution in [3.63, 3.8) is 0 Å². The summed E-state index contributed by atoms with van der Waals surface area (Å²) in [6.45, 7) is 5.04. The Bertz CT molecular complexity index is 472. The minimum absolute atomic E-state index is 0.0675. The van der Waals surface area contributed by atoms with E-state index in [1.165, 1.54) is 0 Å². The first kappa shape index (κ1) is 13.0. The number of carbonyl (C=O) groups is 1. The zero-order valence-corrected chi connectivity index (χ0v) is 10.2.